The smallest absolute Gasteiger partial charge is 1.00 e. The summed E-state index contributed by atoms with van der Waals surface area (Å²) >= 11 is -1.39. The van der Waals surface area contributed by atoms with Gasteiger partial charge in [0.2, 0.25) is 0 Å². The molecule has 0 radical (unpaired) electrons. The minimum absolute atomic E-state index is 0. The Labute approximate surface area is 105 Å². The Kier molecular flexibility index (Phi) is 6.63. The van der Waals surface area contributed by atoms with Gasteiger partial charge in [0.15, 0.2) is 0 Å². The van der Waals surface area contributed by atoms with Crippen LogP contribution in [0.25, 0.3) is 0 Å². The third-order valence-corrected chi connectivity index (χ3v) is 2.14. The van der Waals surface area contributed by atoms with Crippen molar-refractivity contribution < 1.29 is 39.4 Å². The maximum atomic E-state index is 11.1. The Hall–Kier alpha value is 0.130. The summed E-state index contributed by atoms with van der Waals surface area (Å²) in [5, 5.41) is 0. The van der Waals surface area contributed by atoms with E-state index in [1.54, 1.807) is 26.2 Å². The molecule has 1 unspecified atom stereocenters. The molecule has 0 N–H and O–H groups in total. The van der Waals surface area contributed by atoms with E-state index < -0.39 is 11.3 Å². The van der Waals surface area contributed by atoms with E-state index in [0.717, 1.165) is 0 Å². The maximum absolute atomic E-state index is 11.1. The van der Waals surface area contributed by atoms with Crippen molar-refractivity contribution in [3.05, 3.63) is 30.3 Å². The zero-order chi connectivity index (χ0) is 8.97. The van der Waals surface area contributed by atoms with Crippen molar-refractivity contribution in [2.45, 2.75) is 0 Å². The topological polar surface area (TPSA) is 29.5 Å². The van der Waals surface area contributed by atoms with Gasteiger partial charge in [0, 0.05) is 14.1 Å². The van der Waals surface area contributed by atoms with Crippen molar-refractivity contribution in [2.24, 2.45) is 0 Å². The van der Waals surface area contributed by atoms with E-state index >= 15 is 0 Å². The molecule has 13 heavy (non-hydrogen) atoms. The van der Waals surface area contributed by atoms with E-state index in [1.165, 1.54) is 4.31 Å². The van der Waals surface area contributed by atoms with Crippen LogP contribution in [-0.2, 0) is 11.3 Å². The van der Waals surface area contributed by atoms with Gasteiger partial charge in [-0.1, -0.05) is 18.2 Å². The molecule has 1 aromatic carbocycles. The van der Waals surface area contributed by atoms with E-state index in [-0.39, 0.29) is 31.0 Å². The summed E-state index contributed by atoms with van der Waals surface area (Å²) in [5.41, 5.74) is 0. The minimum Gasteiger partial charge on any atom is -1.00 e. The molecule has 0 bridgehead atoms. The molecule has 0 aliphatic rings. The predicted octanol–water partition coefficient (Wildman–Crippen LogP) is -1.68. The van der Waals surface area contributed by atoms with Crippen LogP contribution in [0.1, 0.15) is 1.43 Å². The van der Waals surface area contributed by atoms with Gasteiger partial charge in [0.05, 0.1) is 0 Å². The van der Waals surface area contributed by atoms with E-state index in [9.17, 15) is 4.21 Å². The third-order valence-electron chi connectivity index (χ3n) is 1.21. The zero-order valence-corrected chi connectivity index (χ0v) is 10.9. The molecule has 1 aromatic rings. The average molecular weight is 209 g/mol. The Morgan fingerprint density at radius 2 is 1.85 bits per heavy atom. The number of para-hydroxylation sites is 1. The molecule has 0 saturated heterocycles. The summed E-state index contributed by atoms with van der Waals surface area (Å²) in [5.74, 6) is 0.615. The SMILES string of the molecule is CN(C)S(=O)Oc1ccccc1.[H-].[Na+]. The second kappa shape index (κ2) is 6.56. The molecule has 3 nitrogen and oxygen atoms in total. The fraction of sp³-hybridized carbons (Fsp3) is 0.250. The van der Waals surface area contributed by atoms with Crippen molar-refractivity contribution in [3.63, 3.8) is 0 Å². The van der Waals surface area contributed by atoms with Gasteiger partial charge in [0.1, 0.15) is 5.75 Å². The number of hydrogen-bond donors (Lipinski definition) is 0. The van der Waals surface area contributed by atoms with Crippen molar-refractivity contribution in [1.82, 2.24) is 4.31 Å². The number of benzene rings is 1. The fourth-order valence-electron chi connectivity index (χ4n) is 0.633. The van der Waals surface area contributed by atoms with Crippen molar-refractivity contribution in [1.29, 1.82) is 0 Å². The number of hydrogen-bond acceptors (Lipinski definition) is 2. The van der Waals surface area contributed by atoms with E-state index in [1.807, 2.05) is 18.2 Å². The van der Waals surface area contributed by atoms with Crippen LogP contribution in [0.3, 0.4) is 0 Å². The summed E-state index contributed by atoms with van der Waals surface area (Å²) in [7, 11) is 3.39. The first-order valence-electron chi connectivity index (χ1n) is 3.53. The first-order valence-corrected chi connectivity index (χ1v) is 4.56. The van der Waals surface area contributed by atoms with Gasteiger partial charge in [-0.2, -0.15) is 8.51 Å². The van der Waals surface area contributed by atoms with Gasteiger partial charge in [-0.15, -0.1) is 0 Å². The van der Waals surface area contributed by atoms with E-state index in [2.05, 4.69) is 0 Å². The molecule has 0 saturated carbocycles. The molecule has 0 aliphatic carbocycles. The molecule has 0 heterocycles. The number of rotatable bonds is 3. The molecule has 0 fully saturated rings. The van der Waals surface area contributed by atoms with E-state index in [0.29, 0.717) is 5.75 Å². The van der Waals surface area contributed by atoms with Crippen LogP contribution in [0.4, 0.5) is 0 Å². The van der Waals surface area contributed by atoms with Gasteiger partial charge < -0.3 is 5.61 Å². The van der Waals surface area contributed by atoms with Crippen LogP contribution in [0.2, 0.25) is 0 Å². The van der Waals surface area contributed by atoms with Crippen LogP contribution >= 0.6 is 0 Å². The van der Waals surface area contributed by atoms with Crippen molar-refractivity contribution in [2.75, 3.05) is 14.1 Å². The van der Waals surface area contributed by atoms with Gasteiger partial charge in [-0.3, -0.25) is 0 Å². The van der Waals surface area contributed by atoms with Crippen molar-refractivity contribution >= 4 is 11.3 Å². The minimum atomic E-state index is -1.39. The third kappa shape index (κ3) is 4.78. The Bertz CT molecular complexity index is 271. The number of nitrogens with zero attached hydrogens (tertiary/aromatic N) is 1. The predicted molar refractivity (Wildman–Crippen MR) is 50.0 cm³/mol. The zero-order valence-electron chi connectivity index (χ0n) is 9.06. The summed E-state index contributed by atoms with van der Waals surface area (Å²) in [6.45, 7) is 0. The molecule has 1 rings (SSSR count). The molecule has 68 valence electrons. The average Bonchev–Trinajstić information content (AvgIpc) is 2.06. The van der Waals surface area contributed by atoms with Gasteiger partial charge >= 0.3 is 29.6 Å². The van der Waals surface area contributed by atoms with Crippen LogP contribution in [0.5, 0.6) is 5.75 Å². The summed E-state index contributed by atoms with van der Waals surface area (Å²) in [4.78, 5) is 0. The Morgan fingerprint density at radius 1 is 1.31 bits per heavy atom. The summed E-state index contributed by atoms with van der Waals surface area (Å²) < 4.78 is 17.7. The van der Waals surface area contributed by atoms with Crippen molar-refractivity contribution in [3.8, 4) is 5.75 Å². The monoisotopic (exact) mass is 209 g/mol. The summed E-state index contributed by atoms with van der Waals surface area (Å²) in [6, 6.07) is 9.08. The van der Waals surface area contributed by atoms with Crippen LogP contribution in [0.15, 0.2) is 30.3 Å². The Morgan fingerprint density at radius 3 is 2.31 bits per heavy atom. The largest absolute Gasteiger partial charge is 1.00 e. The van der Waals surface area contributed by atoms with Crippen LogP contribution in [0, 0.1) is 0 Å². The first kappa shape index (κ1) is 13.1. The molecule has 0 aromatic heterocycles. The molecular weight excluding hydrogens is 197 g/mol. The fourth-order valence-corrected chi connectivity index (χ4v) is 1.06. The quantitative estimate of drug-likeness (QED) is 0.557. The molecule has 0 aliphatic heterocycles. The second-order valence-electron chi connectivity index (χ2n) is 2.43. The normalized spacial score (nSPS) is 11.9. The molecule has 1 atom stereocenters. The first-order chi connectivity index (χ1) is 5.70. The maximum Gasteiger partial charge on any atom is 1.00 e. The standard InChI is InChI=1S/C8H11NO2S.Na.H/c1-9(2)12(10)11-8-6-4-3-5-7-8;;/h3-7H,1-2H3;;/q;+1;-1. The second-order valence-corrected chi connectivity index (χ2v) is 3.76. The van der Waals surface area contributed by atoms with Gasteiger partial charge in [0.25, 0.3) is 11.3 Å². The van der Waals surface area contributed by atoms with Crippen LogP contribution < -0.4 is 33.7 Å². The summed E-state index contributed by atoms with van der Waals surface area (Å²) in [6.07, 6.45) is 0. The molecule has 0 spiro atoms. The van der Waals surface area contributed by atoms with Crippen LogP contribution in [-0.4, -0.2) is 22.6 Å². The molecule has 0 amide bonds. The Balaban J connectivity index is 0. The van der Waals surface area contributed by atoms with Gasteiger partial charge in [-0.25, -0.2) is 0 Å². The molecular formula is C8H12NNaO2S. The van der Waals surface area contributed by atoms with E-state index in [4.69, 9.17) is 4.18 Å². The molecule has 5 heteroatoms. The van der Waals surface area contributed by atoms with Gasteiger partial charge in [-0.05, 0) is 12.1 Å².